The predicted molar refractivity (Wildman–Crippen MR) is 105 cm³/mol. The minimum Gasteiger partial charge on any atom is -0.379 e. The van der Waals surface area contributed by atoms with Crippen LogP contribution >= 0.6 is 15.9 Å². The number of hydrogen-bond acceptors (Lipinski definition) is 5. The molecular weight excluding hydrogens is 401 g/mol. The zero-order valence-corrected chi connectivity index (χ0v) is 16.6. The summed E-state index contributed by atoms with van der Waals surface area (Å²) < 4.78 is 16.2. The van der Waals surface area contributed by atoms with Crippen LogP contribution in [0.2, 0.25) is 0 Å². The highest BCUT2D eigenvalue weighted by Gasteiger charge is 2.18. The molecule has 0 atom stereocenters. The molecule has 1 aliphatic heterocycles. The third-order valence-corrected chi connectivity index (χ3v) is 5.50. The summed E-state index contributed by atoms with van der Waals surface area (Å²) in [6, 6.07) is 5.31. The number of nitrogens with one attached hydrogen (secondary N) is 1. The zero-order valence-electron chi connectivity index (χ0n) is 15.0. The van der Waals surface area contributed by atoms with E-state index in [0.717, 1.165) is 38.3 Å². The third kappa shape index (κ3) is 4.07. The molecule has 2 aromatic rings. The lowest BCUT2D eigenvalue weighted by molar-refractivity contribution is 0.270. The molecule has 3 rings (SSSR count). The minimum absolute atomic E-state index is 0.213. The van der Waals surface area contributed by atoms with Gasteiger partial charge in [-0.25, -0.2) is 9.07 Å². The normalized spacial score (nSPS) is 15.3. The molecule has 0 unspecified atom stereocenters. The van der Waals surface area contributed by atoms with Crippen molar-refractivity contribution in [1.82, 2.24) is 14.7 Å². The molecule has 0 amide bonds. The molecule has 0 bridgehead atoms. The molecule has 1 aromatic heterocycles. The summed E-state index contributed by atoms with van der Waals surface area (Å²) in [6.07, 6.45) is 1.57. The number of likely N-dealkylation sites (N-methyl/N-ethyl adjacent to an activating group) is 1. The van der Waals surface area contributed by atoms with Crippen LogP contribution < -0.4 is 15.8 Å². The molecule has 1 N–H and O–H groups in total. The summed E-state index contributed by atoms with van der Waals surface area (Å²) in [7, 11) is 1.59. The Balaban J connectivity index is 1.67. The van der Waals surface area contributed by atoms with E-state index in [1.807, 2.05) is 12.1 Å². The van der Waals surface area contributed by atoms with E-state index < -0.39 is 0 Å². The fraction of sp³-hybridized carbons (Fsp3) is 0.444. The third-order valence-electron chi connectivity index (χ3n) is 4.73. The highest BCUT2D eigenvalue weighted by Crippen LogP contribution is 2.23. The Kier molecular flexibility index (Phi) is 5.93. The second-order valence-corrected chi connectivity index (χ2v) is 7.15. The summed E-state index contributed by atoms with van der Waals surface area (Å²) in [6.45, 7) is 7.20. The Morgan fingerprint density at radius 2 is 2.00 bits per heavy atom. The van der Waals surface area contributed by atoms with E-state index in [1.54, 1.807) is 19.3 Å². The van der Waals surface area contributed by atoms with E-state index in [4.69, 9.17) is 0 Å². The molecule has 26 heavy (non-hydrogen) atoms. The first-order valence-electron chi connectivity index (χ1n) is 8.71. The Morgan fingerprint density at radius 1 is 1.27 bits per heavy atom. The minimum atomic E-state index is -0.220. The predicted octanol–water partition coefficient (Wildman–Crippen LogP) is 2.44. The molecule has 0 spiro atoms. The average Bonchev–Trinajstić information content (AvgIpc) is 2.66. The molecule has 1 aliphatic rings. The number of aryl methyl sites for hydroxylation is 1. The van der Waals surface area contributed by atoms with Gasteiger partial charge in [0.2, 0.25) is 0 Å². The van der Waals surface area contributed by atoms with Crippen LogP contribution in [-0.2, 0) is 13.6 Å². The van der Waals surface area contributed by atoms with Gasteiger partial charge in [-0.15, -0.1) is 0 Å². The molecule has 8 heteroatoms. The fourth-order valence-corrected chi connectivity index (χ4v) is 3.55. The van der Waals surface area contributed by atoms with Crippen molar-refractivity contribution in [3.05, 3.63) is 50.6 Å². The number of rotatable bonds is 5. The van der Waals surface area contributed by atoms with Crippen molar-refractivity contribution in [2.45, 2.75) is 13.5 Å². The number of nitrogens with zero attached hydrogens (tertiary/aromatic N) is 4. The standard InChI is InChI=1S/C18H23BrFN5O/c1-3-24-6-8-25(9-7-24)16-5-4-13(10-14(16)20)11-21-15-12-22-23(2)18(26)17(15)19/h4-5,10,12,21H,3,6-9,11H2,1-2H3. The van der Waals surface area contributed by atoms with E-state index in [0.29, 0.717) is 22.4 Å². The van der Waals surface area contributed by atoms with Crippen molar-refractivity contribution in [2.24, 2.45) is 7.05 Å². The van der Waals surface area contributed by atoms with Gasteiger partial charge in [-0.1, -0.05) is 13.0 Å². The number of anilines is 2. The van der Waals surface area contributed by atoms with Gasteiger partial charge < -0.3 is 15.1 Å². The number of halogens is 2. The summed E-state index contributed by atoms with van der Waals surface area (Å²) in [5.41, 5.74) is 1.84. The maximum Gasteiger partial charge on any atom is 0.282 e. The second kappa shape index (κ2) is 8.18. The molecule has 1 saturated heterocycles. The molecule has 1 aromatic carbocycles. The van der Waals surface area contributed by atoms with Crippen LogP contribution in [0.25, 0.3) is 0 Å². The maximum atomic E-state index is 14.6. The van der Waals surface area contributed by atoms with Crippen molar-refractivity contribution < 1.29 is 4.39 Å². The molecule has 0 saturated carbocycles. The van der Waals surface area contributed by atoms with Crippen molar-refractivity contribution >= 4 is 27.3 Å². The van der Waals surface area contributed by atoms with E-state index in [9.17, 15) is 9.18 Å². The van der Waals surface area contributed by atoms with E-state index >= 15 is 0 Å². The van der Waals surface area contributed by atoms with Gasteiger partial charge in [0.05, 0.1) is 17.6 Å². The van der Waals surface area contributed by atoms with Crippen molar-refractivity contribution in [1.29, 1.82) is 0 Å². The highest BCUT2D eigenvalue weighted by atomic mass is 79.9. The number of hydrogen-bond donors (Lipinski definition) is 1. The number of piperazine rings is 1. The summed E-state index contributed by atoms with van der Waals surface area (Å²) in [4.78, 5) is 16.3. The Hall–Kier alpha value is -1.93. The molecule has 2 heterocycles. The first-order valence-corrected chi connectivity index (χ1v) is 9.50. The van der Waals surface area contributed by atoms with Crippen LogP contribution in [0, 0.1) is 5.82 Å². The van der Waals surface area contributed by atoms with Gasteiger partial charge in [-0.2, -0.15) is 5.10 Å². The lowest BCUT2D eigenvalue weighted by Crippen LogP contribution is -2.46. The van der Waals surface area contributed by atoms with Gasteiger partial charge in [0.1, 0.15) is 10.3 Å². The average molecular weight is 424 g/mol. The van der Waals surface area contributed by atoms with Crippen molar-refractivity contribution in [3.8, 4) is 0 Å². The van der Waals surface area contributed by atoms with Gasteiger partial charge in [-0.3, -0.25) is 4.79 Å². The van der Waals surface area contributed by atoms with Crippen molar-refractivity contribution in [2.75, 3.05) is 42.9 Å². The Labute approximate surface area is 160 Å². The van der Waals surface area contributed by atoms with Gasteiger partial charge >= 0.3 is 0 Å². The molecule has 0 aliphatic carbocycles. The van der Waals surface area contributed by atoms with Crippen LogP contribution in [0.15, 0.2) is 33.7 Å². The maximum absolute atomic E-state index is 14.6. The summed E-state index contributed by atoms with van der Waals surface area (Å²) in [5.74, 6) is -0.213. The lowest BCUT2D eigenvalue weighted by atomic mass is 10.1. The molecule has 140 valence electrons. The highest BCUT2D eigenvalue weighted by molar-refractivity contribution is 9.10. The fourth-order valence-electron chi connectivity index (χ4n) is 3.05. The lowest BCUT2D eigenvalue weighted by Gasteiger charge is -2.35. The van der Waals surface area contributed by atoms with Crippen LogP contribution in [-0.4, -0.2) is 47.4 Å². The smallest absolute Gasteiger partial charge is 0.282 e. The van der Waals surface area contributed by atoms with Crippen LogP contribution in [0.1, 0.15) is 12.5 Å². The first kappa shape index (κ1) is 18.8. The van der Waals surface area contributed by atoms with E-state index in [1.165, 1.54) is 4.68 Å². The van der Waals surface area contributed by atoms with Gasteiger partial charge in [0, 0.05) is 39.8 Å². The van der Waals surface area contributed by atoms with Crippen LogP contribution in [0.5, 0.6) is 0 Å². The molecule has 1 fully saturated rings. The van der Waals surface area contributed by atoms with Crippen LogP contribution in [0.4, 0.5) is 15.8 Å². The van der Waals surface area contributed by atoms with E-state index in [-0.39, 0.29) is 11.4 Å². The molecule has 0 radical (unpaired) electrons. The Morgan fingerprint density at radius 3 is 2.65 bits per heavy atom. The van der Waals surface area contributed by atoms with Gasteiger partial charge in [-0.05, 0) is 40.2 Å². The SMILES string of the molecule is CCN1CCN(c2ccc(CNc3cnn(C)c(=O)c3Br)cc2F)CC1. The van der Waals surface area contributed by atoms with Crippen LogP contribution in [0.3, 0.4) is 0 Å². The topological polar surface area (TPSA) is 53.4 Å². The second-order valence-electron chi connectivity index (χ2n) is 6.36. The first-order chi connectivity index (χ1) is 12.5. The van der Waals surface area contributed by atoms with E-state index in [2.05, 4.69) is 43.1 Å². The molecular formula is C18H23BrFN5O. The molecule has 6 nitrogen and oxygen atoms in total. The number of benzene rings is 1. The zero-order chi connectivity index (χ0) is 18.7. The largest absolute Gasteiger partial charge is 0.379 e. The number of aromatic nitrogens is 2. The summed E-state index contributed by atoms with van der Waals surface area (Å²) >= 11 is 3.27. The quantitative estimate of drug-likeness (QED) is 0.800. The van der Waals surface area contributed by atoms with Gasteiger partial charge in [0.25, 0.3) is 5.56 Å². The summed E-state index contributed by atoms with van der Waals surface area (Å²) in [5, 5.41) is 7.11. The van der Waals surface area contributed by atoms with Gasteiger partial charge in [0.15, 0.2) is 0 Å². The Bertz CT molecular complexity index is 833. The monoisotopic (exact) mass is 423 g/mol. The van der Waals surface area contributed by atoms with Crippen molar-refractivity contribution in [3.63, 3.8) is 0 Å².